The molecule has 0 spiro atoms. The van der Waals surface area contributed by atoms with E-state index in [-0.39, 0.29) is 13.2 Å². The van der Waals surface area contributed by atoms with Gasteiger partial charge in [0.1, 0.15) is 12.4 Å². The van der Waals surface area contributed by atoms with E-state index in [1.165, 1.54) is 0 Å². The lowest BCUT2D eigenvalue weighted by molar-refractivity contribution is 0.202. The number of aromatic amines is 1. The second-order valence-electron chi connectivity index (χ2n) is 3.33. The predicted molar refractivity (Wildman–Crippen MR) is 61.3 cm³/mol. The molecule has 86 valence electrons. The first-order valence-corrected chi connectivity index (χ1v) is 5.13. The van der Waals surface area contributed by atoms with Crippen molar-refractivity contribution in [3.63, 3.8) is 0 Å². The number of H-pyrrole nitrogens is 1. The van der Waals surface area contributed by atoms with Crippen molar-refractivity contribution in [3.8, 4) is 23.1 Å². The number of nitriles is 1. The number of aliphatic hydroxyl groups is 1. The van der Waals surface area contributed by atoms with Gasteiger partial charge in [-0.15, -0.1) is 0 Å². The van der Waals surface area contributed by atoms with Crippen molar-refractivity contribution >= 4 is 0 Å². The molecule has 0 radical (unpaired) electrons. The van der Waals surface area contributed by atoms with E-state index in [1.807, 2.05) is 0 Å². The highest BCUT2D eigenvalue weighted by atomic mass is 16.5. The van der Waals surface area contributed by atoms with Gasteiger partial charge in [0.2, 0.25) is 0 Å². The summed E-state index contributed by atoms with van der Waals surface area (Å²) in [5.41, 5.74) is 1.89. The van der Waals surface area contributed by atoms with Gasteiger partial charge in [0.25, 0.3) is 0 Å². The first kappa shape index (κ1) is 11.2. The molecular formula is C12H11N3O2. The van der Waals surface area contributed by atoms with E-state index >= 15 is 0 Å². The molecule has 1 heterocycles. The molecule has 0 saturated carbocycles. The highest BCUT2D eigenvalue weighted by Gasteiger charge is 2.12. The largest absolute Gasteiger partial charge is 0.490 e. The van der Waals surface area contributed by atoms with Crippen LogP contribution in [0.1, 0.15) is 5.56 Å². The van der Waals surface area contributed by atoms with Crippen molar-refractivity contribution in [2.45, 2.75) is 0 Å². The lowest BCUT2D eigenvalue weighted by atomic mass is 10.0. The van der Waals surface area contributed by atoms with Gasteiger partial charge >= 0.3 is 0 Å². The maximum Gasteiger partial charge on any atom is 0.130 e. The lowest BCUT2D eigenvalue weighted by Gasteiger charge is -2.10. The van der Waals surface area contributed by atoms with Gasteiger partial charge in [0, 0.05) is 6.20 Å². The van der Waals surface area contributed by atoms with Gasteiger partial charge < -0.3 is 9.84 Å². The topological polar surface area (TPSA) is 81.9 Å². The Morgan fingerprint density at radius 1 is 1.41 bits per heavy atom. The summed E-state index contributed by atoms with van der Waals surface area (Å²) >= 11 is 0. The molecule has 5 heteroatoms. The summed E-state index contributed by atoms with van der Waals surface area (Å²) in [4.78, 5) is 0. The fourth-order valence-electron chi connectivity index (χ4n) is 1.57. The Morgan fingerprint density at radius 3 is 2.94 bits per heavy atom. The minimum absolute atomic E-state index is 0.0702. The summed E-state index contributed by atoms with van der Waals surface area (Å²) in [7, 11) is 0. The third-order valence-corrected chi connectivity index (χ3v) is 2.27. The summed E-state index contributed by atoms with van der Waals surface area (Å²) in [6, 6.07) is 9.08. The molecule has 2 rings (SSSR count). The van der Waals surface area contributed by atoms with Gasteiger partial charge in [0.05, 0.1) is 29.5 Å². The molecule has 1 aromatic heterocycles. The van der Waals surface area contributed by atoms with Crippen LogP contribution in [0.2, 0.25) is 0 Å². The average Bonchev–Trinajstić information content (AvgIpc) is 2.89. The number of rotatable bonds is 4. The van der Waals surface area contributed by atoms with E-state index < -0.39 is 0 Å². The molecule has 0 unspecified atom stereocenters. The Bertz CT molecular complexity index is 529. The Kier molecular flexibility index (Phi) is 3.38. The van der Waals surface area contributed by atoms with Crippen molar-refractivity contribution in [1.82, 2.24) is 10.2 Å². The molecule has 0 atom stereocenters. The van der Waals surface area contributed by atoms with Crippen LogP contribution in [0.15, 0.2) is 30.5 Å². The van der Waals surface area contributed by atoms with Crippen LogP contribution in [-0.4, -0.2) is 28.5 Å². The molecule has 2 N–H and O–H groups in total. The minimum Gasteiger partial charge on any atom is -0.490 e. The minimum atomic E-state index is -0.0702. The molecule has 5 nitrogen and oxygen atoms in total. The van der Waals surface area contributed by atoms with Crippen LogP contribution in [-0.2, 0) is 0 Å². The van der Waals surface area contributed by atoms with Gasteiger partial charge in [-0.1, -0.05) is 6.07 Å². The van der Waals surface area contributed by atoms with Crippen molar-refractivity contribution in [2.24, 2.45) is 0 Å². The fraction of sp³-hybridized carbons (Fsp3) is 0.167. The Morgan fingerprint density at radius 2 is 2.29 bits per heavy atom. The number of nitrogens with one attached hydrogen (secondary N) is 1. The van der Waals surface area contributed by atoms with E-state index in [9.17, 15) is 0 Å². The van der Waals surface area contributed by atoms with E-state index in [1.54, 1.807) is 30.5 Å². The quantitative estimate of drug-likeness (QED) is 0.828. The fourth-order valence-corrected chi connectivity index (χ4v) is 1.57. The summed E-state index contributed by atoms with van der Waals surface area (Å²) in [5, 5.41) is 24.5. The molecule has 1 aromatic carbocycles. The van der Waals surface area contributed by atoms with Crippen LogP contribution in [0, 0.1) is 11.3 Å². The van der Waals surface area contributed by atoms with Crippen LogP contribution in [0.5, 0.6) is 5.75 Å². The van der Waals surface area contributed by atoms with Crippen molar-refractivity contribution in [2.75, 3.05) is 13.2 Å². The number of hydrogen-bond acceptors (Lipinski definition) is 4. The maximum atomic E-state index is 9.08. The highest BCUT2D eigenvalue weighted by molar-refractivity contribution is 5.73. The molecular weight excluding hydrogens is 218 g/mol. The third kappa shape index (κ3) is 2.27. The number of ether oxygens (including phenoxy) is 1. The van der Waals surface area contributed by atoms with Gasteiger partial charge in [-0.05, 0) is 18.2 Å². The van der Waals surface area contributed by atoms with E-state index in [4.69, 9.17) is 15.1 Å². The average molecular weight is 229 g/mol. The van der Waals surface area contributed by atoms with Crippen LogP contribution in [0.3, 0.4) is 0 Å². The zero-order valence-electron chi connectivity index (χ0n) is 9.05. The number of hydrogen-bond donors (Lipinski definition) is 2. The van der Waals surface area contributed by atoms with E-state index in [2.05, 4.69) is 16.3 Å². The zero-order valence-corrected chi connectivity index (χ0v) is 9.05. The van der Waals surface area contributed by atoms with Crippen LogP contribution in [0.4, 0.5) is 0 Å². The zero-order chi connectivity index (χ0) is 12.1. The third-order valence-electron chi connectivity index (χ3n) is 2.27. The summed E-state index contributed by atoms with van der Waals surface area (Å²) < 4.78 is 5.40. The van der Waals surface area contributed by atoms with Crippen molar-refractivity contribution in [1.29, 1.82) is 5.26 Å². The standard InChI is InChI=1S/C12H11N3O2/c13-8-9-2-1-3-11(17-7-6-16)12(9)10-4-5-14-15-10/h1-5,16H,6-7H2,(H,14,15). The van der Waals surface area contributed by atoms with Crippen LogP contribution >= 0.6 is 0 Å². The van der Waals surface area contributed by atoms with Crippen molar-refractivity contribution < 1.29 is 9.84 Å². The predicted octanol–water partition coefficient (Wildman–Crippen LogP) is 1.32. The molecule has 0 aliphatic heterocycles. The maximum absolute atomic E-state index is 9.08. The van der Waals surface area contributed by atoms with Crippen LogP contribution in [0.25, 0.3) is 11.3 Å². The number of benzene rings is 1. The molecule has 0 bridgehead atoms. The first-order chi connectivity index (χ1) is 8.36. The van der Waals surface area contributed by atoms with Crippen LogP contribution < -0.4 is 4.74 Å². The van der Waals surface area contributed by atoms with Gasteiger partial charge in [0.15, 0.2) is 0 Å². The first-order valence-electron chi connectivity index (χ1n) is 5.13. The molecule has 0 aliphatic rings. The second-order valence-corrected chi connectivity index (χ2v) is 3.33. The van der Waals surface area contributed by atoms with Crippen molar-refractivity contribution in [3.05, 3.63) is 36.0 Å². The monoisotopic (exact) mass is 229 g/mol. The second kappa shape index (κ2) is 5.14. The Hall–Kier alpha value is -2.32. The Balaban J connectivity index is 2.49. The number of aromatic nitrogens is 2. The SMILES string of the molecule is N#Cc1cccc(OCCO)c1-c1ccn[nH]1. The Labute approximate surface area is 98.3 Å². The molecule has 0 aliphatic carbocycles. The summed E-state index contributed by atoms with van der Waals surface area (Å²) in [6.07, 6.45) is 1.61. The van der Waals surface area contributed by atoms with E-state index in [0.29, 0.717) is 16.9 Å². The normalized spacial score (nSPS) is 9.88. The lowest BCUT2D eigenvalue weighted by Crippen LogP contribution is -2.03. The molecule has 0 fully saturated rings. The summed E-state index contributed by atoms with van der Waals surface area (Å²) in [6.45, 7) is 0.120. The van der Waals surface area contributed by atoms with Gasteiger partial charge in [-0.2, -0.15) is 10.4 Å². The molecule has 0 saturated heterocycles. The highest BCUT2D eigenvalue weighted by Crippen LogP contribution is 2.31. The number of aliphatic hydroxyl groups excluding tert-OH is 1. The molecule has 0 amide bonds. The molecule has 17 heavy (non-hydrogen) atoms. The summed E-state index contributed by atoms with van der Waals surface area (Å²) in [5.74, 6) is 0.558. The van der Waals surface area contributed by atoms with E-state index in [0.717, 1.165) is 5.69 Å². The number of nitrogens with zero attached hydrogens (tertiary/aromatic N) is 2. The smallest absolute Gasteiger partial charge is 0.130 e. The van der Waals surface area contributed by atoms with Gasteiger partial charge in [-0.3, -0.25) is 5.10 Å². The van der Waals surface area contributed by atoms with Gasteiger partial charge in [-0.25, -0.2) is 0 Å². The molecule has 2 aromatic rings.